The first kappa shape index (κ1) is 13.2. The van der Waals surface area contributed by atoms with Gasteiger partial charge >= 0.3 is 0 Å². The summed E-state index contributed by atoms with van der Waals surface area (Å²) < 4.78 is 26.1. The quantitative estimate of drug-likeness (QED) is 0.800. The van der Waals surface area contributed by atoms with Crippen molar-refractivity contribution in [2.45, 2.75) is 34.1 Å². The molecule has 1 aromatic carbocycles. The highest BCUT2D eigenvalue weighted by Gasteiger charge is 2.67. The monoisotopic (exact) mass is 252 g/mol. The molecule has 0 saturated heterocycles. The molecule has 0 bridgehead atoms. The number of hydrogen-bond donors (Lipinski definition) is 0. The second kappa shape index (κ2) is 3.87. The molecule has 0 heterocycles. The van der Waals surface area contributed by atoms with Crippen molar-refractivity contribution >= 4 is 5.78 Å². The molecule has 0 radical (unpaired) electrons. The van der Waals surface area contributed by atoms with Crippen LogP contribution in [0, 0.1) is 28.4 Å². The molecule has 1 fully saturated rings. The van der Waals surface area contributed by atoms with Gasteiger partial charge in [0, 0.05) is 18.4 Å². The maximum atomic E-state index is 13.0. The van der Waals surface area contributed by atoms with E-state index in [1.807, 2.05) is 0 Å². The minimum absolute atomic E-state index is 0.0312. The van der Waals surface area contributed by atoms with Gasteiger partial charge in [0.25, 0.3) is 0 Å². The zero-order valence-corrected chi connectivity index (χ0v) is 11.2. The maximum Gasteiger partial charge on any atom is 0.141 e. The van der Waals surface area contributed by atoms with Crippen LogP contribution in [0.4, 0.5) is 8.78 Å². The molecule has 2 rings (SSSR count). The minimum atomic E-state index is -0.632. The van der Waals surface area contributed by atoms with Gasteiger partial charge in [0.1, 0.15) is 17.4 Å². The molecule has 0 unspecified atom stereocenters. The highest BCUT2D eigenvalue weighted by Crippen LogP contribution is 2.68. The smallest absolute Gasteiger partial charge is 0.141 e. The third kappa shape index (κ3) is 1.96. The van der Waals surface area contributed by atoms with Crippen molar-refractivity contribution in [3.05, 3.63) is 35.4 Å². The third-order valence-corrected chi connectivity index (χ3v) is 4.64. The summed E-state index contributed by atoms with van der Waals surface area (Å²) >= 11 is 0. The minimum Gasteiger partial charge on any atom is -0.299 e. The van der Waals surface area contributed by atoms with E-state index >= 15 is 0 Å². The maximum absolute atomic E-state index is 13.0. The number of hydrogen-bond acceptors (Lipinski definition) is 1. The first-order chi connectivity index (χ1) is 8.16. The largest absolute Gasteiger partial charge is 0.299 e. The van der Waals surface area contributed by atoms with Gasteiger partial charge in [0.2, 0.25) is 0 Å². The van der Waals surface area contributed by atoms with E-state index in [1.165, 1.54) is 12.1 Å². The Balaban J connectivity index is 2.14. The van der Waals surface area contributed by atoms with Gasteiger partial charge in [0.05, 0.1) is 0 Å². The lowest BCUT2D eigenvalue weighted by Gasteiger charge is -2.03. The highest BCUT2D eigenvalue weighted by atomic mass is 19.1. The van der Waals surface area contributed by atoms with Crippen LogP contribution in [0.5, 0.6) is 0 Å². The zero-order chi connectivity index (χ0) is 13.7. The molecule has 0 N–H and O–H groups in total. The predicted octanol–water partition coefficient (Wildman–Crippen LogP) is 3.76. The SMILES string of the molecule is CC1(C)C(C(=O)Cc2cc(F)cc(F)c2)C1(C)C. The van der Waals surface area contributed by atoms with Crippen molar-refractivity contribution in [2.75, 3.05) is 0 Å². The van der Waals surface area contributed by atoms with E-state index in [1.54, 1.807) is 0 Å². The van der Waals surface area contributed by atoms with Crippen LogP contribution in [0.25, 0.3) is 0 Å². The van der Waals surface area contributed by atoms with Gasteiger partial charge in [0.15, 0.2) is 0 Å². The van der Waals surface area contributed by atoms with Crippen LogP contribution in [-0.2, 0) is 11.2 Å². The second-order valence-corrected chi connectivity index (χ2v) is 6.30. The fourth-order valence-corrected chi connectivity index (χ4v) is 3.02. The average molecular weight is 252 g/mol. The van der Waals surface area contributed by atoms with Crippen molar-refractivity contribution in [1.29, 1.82) is 0 Å². The summed E-state index contributed by atoms with van der Waals surface area (Å²) in [6, 6.07) is 3.27. The fraction of sp³-hybridized carbons (Fsp3) is 0.533. The second-order valence-electron chi connectivity index (χ2n) is 6.30. The Kier molecular flexibility index (Phi) is 2.84. The van der Waals surface area contributed by atoms with Gasteiger partial charge in [-0.25, -0.2) is 8.78 Å². The fourth-order valence-electron chi connectivity index (χ4n) is 3.02. The molecule has 0 amide bonds. The summed E-state index contributed by atoms with van der Waals surface area (Å²) in [7, 11) is 0. The molecule has 0 aromatic heterocycles. The van der Waals surface area contributed by atoms with Crippen LogP contribution >= 0.6 is 0 Å². The lowest BCUT2D eigenvalue weighted by Crippen LogP contribution is -2.10. The number of benzene rings is 1. The van der Waals surface area contributed by atoms with Gasteiger partial charge in [-0.15, -0.1) is 0 Å². The standard InChI is InChI=1S/C15H18F2O/c1-14(2)13(15(14,3)4)12(18)7-9-5-10(16)8-11(17)6-9/h5-6,8,13H,7H2,1-4H3. The van der Waals surface area contributed by atoms with Crippen LogP contribution in [-0.4, -0.2) is 5.78 Å². The first-order valence-electron chi connectivity index (χ1n) is 6.14. The molecule has 3 heteroatoms. The van der Waals surface area contributed by atoms with E-state index in [4.69, 9.17) is 0 Å². The number of carbonyl (C=O) groups excluding carboxylic acids is 1. The number of Topliss-reactive ketones (excluding diaryl/α,β-unsaturated/α-hetero) is 1. The van der Waals surface area contributed by atoms with Crippen LogP contribution in [0.2, 0.25) is 0 Å². The zero-order valence-electron chi connectivity index (χ0n) is 11.2. The van der Waals surface area contributed by atoms with E-state index < -0.39 is 11.6 Å². The van der Waals surface area contributed by atoms with Crippen molar-refractivity contribution < 1.29 is 13.6 Å². The predicted molar refractivity (Wildman–Crippen MR) is 66.1 cm³/mol. The van der Waals surface area contributed by atoms with Crippen molar-refractivity contribution in [1.82, 2.24) is 0 Å². The molecular weight excluding hydrogens is 234 g/mol. The van der Waals surface area contributed by atoms with Crippen LogP contribution < -0.4 is 0 Å². The van der Waals surface area contributed by atoms with Crippen LogP contribution in [0.3, 0.4) is 0 Å². The number of ketones is 1. The molecule has 0 spiro atoms. The van der Waals surface area contributed by atoms with E-state index in [2.05, 4.69) is 27.7 Å². The molecule has 1 aromatic rings. The molecule has 1 aliphatic carbocycles. The van der Waals surface area contributed by atoms with Gasteiger partial charge in [-0.2, -0.15) is 0 Å². The summed E-state index contributed by atoms with van der Waals surface area (Å²) in [6.07, 6.45) is 0.103. The van der Waals surface area contributed by atoms with Crippen molar-refractivity contribution in [2.24, 2.45) is 16.7 Å². The number of rotatable bonds is 3. The molecule has 1 nitrogen and oxygen atoms in total. The summed E-state index contributed by atoms with van der Waals surface area (Å²) in [5.74, 6) is -1.23. The normalized spacial score (nSPS) is 20.8. The van der Waals surface area contributed by atoms with Crippen LogP contribution in [0.1, 0.15) is 33.3 Å². The Labute approximate surface area is 106 Å². The van der Waals surface area contributed by atoms with Crippen molar-refractivity contribution in [3.63, 3.8) is 0 Å². The molecule has 1 saturated carbocycles. The Morgan fingerprint density at radius 2 is 1.50 bits per heavy atom. The molecule has 18 heavy (non-hydrogen) atoms. The Bertz CT molecular complexity index is 469. The highest BCUT2D eigenvalue weighted by molar-refractivity contribution is 5.88. The Hall–Kier alpha value is -1.25. The molecule has 0 aliphatic heterocycles. The first-order valence-corrected chi connectivity index (χ1v) is 6.14. The summed E-state index contributed by atoms with van der Waals surface area (Å²) in [6.45, 7) is 8.23. The lowest BCUT2D eigenvalue weighted by atomic mass is 10.0. The van der Waals surface area contributed by atoms with E-state index in [0.29, 0.717) is 5.56 Å². The average Bonchev–Trinajstić information content (AvgIpc) is 2.54. The van der Waals surface area contributed by atoms with Crippen molar-refractivity contribution in [3.8, 4) is 0 Å². The summed E-state index contributed by atoms with van der Waals surface area (Å²) in [4.78, 5) is 12.2. The Morgan fingerprint density at radius 1 is 1.06 bits per heavy atom. The van der Waals surface area contributed by atoms with Crippen LogP contribution in [0.15, 0.2) is 18.2 Å². The summed E-state index contributed by atoms with van der Waals surface area (Å²) in [5.41, 5.74) is 0.349. The van der Waals surface area contributed by atoms with Gasteiger partial charge in [-0.1, -0.05) is 27.7 Å². The molecule has 1 aliphatic rings. The molecule has 98 valence electrons. The van der Waals surface area contributed by atoms with E-state index in [0.717, 1.165) is 6.07 Å². The molecular formula is C15H18F2O. The number of carbonyl (C=O) groups is 1. The number of halogens is 2. The third-order valence-electron chi connectivity index (χ3n) is 4.64. The van der Waals surface area contributed by atoms with Gasteiger partial charge in [-0.3, -0.25) is 4.79 Å². The lowest BCUT2D eigenvalue weighted by molar-refractivity contribution is -0.120. The van der Waals surface area contributed by atoms with Gasteiger partial charge in [-0.05, 0) is 28.5 Å². The van der Waals surface area contributed by atoms with Gasteiger partial charge < -0.3 is 0 Å². The van der Waals surface area contributed by atoms with E-state index in [-0.39, 0.29) is 29.0 Å². The summed E-state index contributed by atoms with van der Waals surface area (Å²) in [5, 5.41) is 0. The topological polar surface area (TPSA) is 17.1 Å². The molecule has 0 atom stereocenters. The van der Waals surface area contributed by atoms with E-state index in [9.17, 15) is 13.6 Å². The Morgan fingerprint density at radius 3 is 1.89 bits per heavy atom.